The summed E-state index contributed by atoms with van der Waals surface area (Å²) in [7, 11) is 0. The lowest BCUT2D eigenvalue weighted by Crippen LogP contribution is -2.10. The standard InChI is InChI=1S/C12H14/c1-2-8-6-10-4-3-9-5-7(1)11(8)12(9)10/h5-7,10-12H,1-4H2/t7-,10+,11+,12+. The maximum atomic E-state index is 2.63. The highest BCUT2D eigenvalue weighted by atomic mass is 14.6. The number of hydrogen-bond donors (Lipinski definition) is 0. The van der Waals surface area contributed by atoms with Crippen molar-refractivity contribution in [1.82, 2.24) is 0 Å². The van der Waals surface area contributed by atoms with Crippen molar-refractivity contribution in [1.29, 1.82) is 0 Å². The van der Waals surface area contributed by atoms with Crippen molar-refractivity contribution < 1.29 is 0 Å². The second-order valence-corrected chi connectivity index (χ2v) is 4.94. The molecule has 0 N–H and O–H groups in total. The minimum absolute atomic E-state index is 0.974. The summed E-state index contributed by atoms with van der Waals surface area (Å²) in [6.45, 7) is 0. The van der Waals surface area contributed by atoms with Gasteiger partial charge in [-0.15, -0.1) is 0 Å². The topological polar surface area (TPSA) is 0 Å². The SMILES string of the molecule is C1=C2CC[C@H]3C=C4CC[C@H]1[C@@H]4[C@@H]23. The molecule has 0 radical (unpaired) electrons. The minimum atomic E-state index is 0.974. The predicted molar refractivity (Wildman–Crippen MR) is 48.6 cm³/mol. The van der Waals surface area contributed by atoms with Crippen LogP contribution in [0.1, 0.15) is 25.7 Å². The van der Waals surface area contributed by atoms with Crippen LogP contribution in [0.2, 0.25) is 0 Å². The zero-order valence-corrected chi connectivity index (χ0v) is 7.29. The van der Waals surface area contributed by atoms with Gasteiger partial charge in [0.15, 0.2) is 0 Å². The van der Waals surface area contributed by atoms with Gasteiger partial charge in [-0.2, -0.15) is 0 Å². The molecule has 0 aromatic rings. The van der Waals surface area contributed by atoms with Crippen LogP contribution < -0.4 is 0 Å². The van der Waals surface area contributed by atoms with E-state index in [1.54, 1.807) is 0 Å². The first-order valence-electron chi connectivity index (χ1n) is 5.34. The van der Waals surface area contributed by atoms with Crippen LogP contribution in [0, 0.1) is 23.7 Å². The first-order valence-corrected chi connectivity index (χ1v) is 5.34. The highest BCUT2D eigenvalue weighted by molar-refractivity contribution is 5.39. The van der Waals surface area contributed by atoms with Crippen LogP contribution in [0.15, 0.2) is 23.3 Å². The van der Waals surface area contributed by atoms with Gasteiger partial charge in [-0.05, 0) is 49.4 Å². The van der Waals surface area contributed by atoms with E-state index in [0.717, 1.165) is 23.7 Å². The van der Waals surface area contributed by atoms with Crippen molar-refractivity contribution in [3.05, 3.63) is 23.3 Å². The summed E-state index contributed by atoms with van der Waals surface area (Å²) in [5.74, 6) is 3.96. The van der Waals surface area contributed by atoms with E-state index in [2.05, 4.69) is 12.2 Å². The van der Waals surface area contributed by atoms with Crippen molar-refractivity contribution in [2.24, 2.45) is 23.7 Å². The number of rotatable bonds is 0. The fraction of sp³-hybridized carbons (Fsp3) is 0.667. The van der Waals surface area contributed by atoms with E-state index in [-0.39, 0.29) is 0 Å². The van der Waals surface area contributed by atoms with Gasteiger partial charge in [0.05, 0.1) is 0 Å². The molecule has 0 unspecified atom stereocenters. The third-order valence-electron chi connectivity index (χ3n) is 4.55. The van der Waals surface area contributed by atoms with E-state index in [1.165, 1.54) is 25.7 Å². The van der Waals surface area contributed by atoms with Crippen LogP contribution >= 0.6 is 0 Å². The maximum absolute atomic E-state index is 2.63. The first-order chi connectivity index (χ1) is 5.93. The lowest BCUT2D eigenvalue weighted by Gasteiger charge is -2.15. The second-order valence-electron chi connectivity index (χ2n) is 4.94. The van der Waals surface area contributed by atoms with Gasteiger partial charge >= 0.3 is 0 Å². The third kappa shape index (κ3) is 0.485. The molecular formula is C12H14. The molecule has 0 saturated heterocycles. The number of allylic oxidation sites excluding steroid dienone is 4. The molecule has 0 nitrogen and oxygen atoms in total. The summed E-state index contributed by atoms with van der Waals surface area (Å²) in [4.78, 5) is 0. The molecule has 0 amide bonds. The molecule has 0 aromatic heterocycles. The molecule has 12 heavy (non-hydrogen) atoms. The van der Waals surface area contributed by atoms with Gasteiger partial charge < -0.3 is 0 Å². The zero-order valence-electron chi connectivity index (χ0n) is 7.29. The summed E-state index contributed by atoms with van der Waals surface area (Å²) in [5.41, 5.74) is 3.67. The minimum Gasteiger partial charge on any atom is -0.0813 e. The molecular weight excluding hydrogens is 144 g/mol. The van der Waals surface area contributed by atoms with Crippen LogP contribution in [0.3, 0.4) is 0 Å². The van der Waals surface area contributed by atoms with Gasteiger partial charge in [-0.1, -0.05) is 23.3 Å². The summed E-state index contributed by atoms with van der Waals surface area (Å²) in [6, 6.07) is 0. The van der Waals surface area contributed by atoms with Gasteiger partial charge in [0.1, 0.15) is 0 Å². The van der Waals surface area contributed by atoms with Gasteiger partial charge in [-0.3, -0.25) is 0 Å². The molecule has 0 heterocycles. The van der Waals surface area contributed by atoms with Crippen LogP contribution in [0.4, 0.5) is 0 Å². The van der Waals surface area contributed by atoms with Crippen LogP contribution in [-0.2, 0) is 0 Å². The zero-order chi connectivity index (χ0) is 7.71. The fourth-order valence-corrected chi connectivity index (χ4v) is 4.22. The molecule has 4 aliphatic rings. The molecule has 0 spiro atoms. The Morgan fingerprint density at radius 2 is 1.33 bits per heavy atom. The fourth-order valence-electron chi connectivity index (χ4n) is 4.22. The predicted octanol–water partition coefficient (Wildman–Crippen LogP) is 2.92. The lowest BCUT2D eigenvalue weighted by atomic mass is 9.88. The van der Waals surface area contributed by atoms with Gasteiger partial charge in [0.25, 0.3) is 0 Å². The molecule has 4 atom stereocenters. The molecule has 0 aliphatic heterocycles. The first kappa shape index (κ1) is 6.01. The second kappa shape index (κ2) is 1.71. The molecule has 2 fully saturated rings. The quantitative estimate of drug-likeness (QED) is 0.475. The van der Waals surface area contributed by atoms with Crippen molar-refractivity contribution in [2.45, 2.75) is 25.7 Å². The van der Waals surface area contributed by atoms with E-state index in [9.17, 15) is 0 Å². The lowest BCUT2D eigenvalue weighted by molar-refractivity contribution is 0.395. The van der Waals surface area contributed by atoms with Crippen molar-refractivity contribution in [2.75, 3.05) is 0 Å². The molecule has 4 aliphatic carbocycles. The van der Waals surface area contributed by atoms with Crippen LogP contribution in [-0.4, -0.2) is 0 Å². The molecule has 4 rings (SSSR count). The highest BCUT2D eigenvalue weighted by Gasteiger charge is 2.51. The molecule has 0 bridgehead atoms. The largest absolute Gasteiger partial charge is 0.0813 e. The smallest absolute Gasteiger partial charge is 0.00687 e. The van der Waals surface area contributed by atoms with E-state index >= 15 is 0 Å². The summed E-state index contributed by atoms with van der Waals surface area (Å²) in [5, 5.41) is 0. The van der Waals surface area contributed by atoms with E-state index in [0.29, 0.717) is 0 Å². The average molecular weight is 158 g/mol. The Kier molecular flexibility index (Phi) is 0.856. The average Bonchev–Trinajstić information content (AvgIpc) is 2.71. The Labute approximate surface area is 73.4 Å². The van der Waals surface area contributed by atoms with Crippen LogP contribution in [0.5, 0.6) is 0 Å². The van der Waals surface area contributed by atoms with Crippen LogP contribution in [0.25, 0.3) is 0 Å². The molecule has 0 heteroatoms. The monoisotopic (exact) mass is 158 g/mol. The normalized spacial score (nSPS) is 52.7. The Balaban J connectivity index is 1.95. The molecule has 0 aromatic carbocycles. The van der Waals surface area contributed by atoms with Gasteiger partial charge in [-0.25, -0.2) is 0 Å². The van der Waals surface area contributed by atoms with E-state index < -0.39 is 0 Å². The molecule has 62 valence electrons. The highest BCUT2D eigenvalue weighted by Crippen LogP contribution is 2.61. The number of hydrogen-bond acceptors (Lipinski definition) is 0. The van der Waals surface area contributed by atoms with Crippen molar-refractivity contribution in [3.63, 3.8) is 0 Å². The maximum Gasteiger partial charge on any atom is -0.00687 e. The van der Waals surface area contributed by atoms with E-state index in [1.807, 2.05) is 11.1 Å². The summed E-state index contributed by atoms with van der Waals surface area (Å²) in [6.07, 6.45) is 11.0. The van der Waals surface area contributed by atoms with E-state index in [4.69, 9.17) is 0 Å². The molecule has 2 saturated carbocycles. The van der Waals surface area contributed by atoms with Gasteiger partial charge in [0.2, 0.25) is 0 Å². The third-order valence-corrected chi connectivity index (χ3v) is 4.55. The van der Waals surface area contributed by atoms with Gasteiger partial charge in [0, 0.05) is 0 Å². The Morgan fingerprint density at radius 1 is 0.833 bits per heavy atom. The van der Waals surface area contributed by atoms with Crippen molar-refractivity contribution in [3.8, 4) is 0 Å². The Hall–Kier alpha value is -0.520. The Bertz CT molecular complexity index is 276. The van der Waals surface area contributed by atoms with Crippen molar-refractivity contribution >= 4 is 0 Å². The summed E-state index contributed by atoms with van der Waals surface area (Å²) < 4.78 is 0. The Morgan fingerprint density at radius 3 is 1.83 bits per heavy atom. The summed E-state index contributed by atoms with van der Waals surface area (Å²) >= 11 is 0.